The molecular formula is C20H13ClN2O3S. The molecule has 134 valence electrons. The van der Waals surface area contributed by atoms with Crippen molar-refractivity contribution < 1.29 is 9.21 Å². The maximum atomic E-state index is 12.7. The van der Waals surface area contributed by atoms with Crippen molar-refractivity contribution in [1.29, 1.82) is 0 Å². The van der Waals surface area contributed by atoms with Gasteiger partial charge < -0.3 is 8.98 Å². The van der Waals surface area contributed by atoms with Crippen LogP contribution in [-0.2, 0) is 6.54 Å². The Morgan fingerprint density at radius 2 is 2.07 bits per heavy atom. The molecule has 0 atom stereocenters. The molecule has 0 saturated carbocycles. The summed E-state index contributed by atoms with van der Waals surface area (Å²) in [4.78, 5) is 29.5. The van der Waals surface area contributed by atoms with E-state index in [0.29, 0.717) is 27.3 Å². The van der Waals surface area contributed by atoms with E-state index < -0.39 is 11.5 Å². The van der Waals surface area contributed by atoms with Gasteiger partial charge in [-0.15, -0.1) is 6.58 Å². The molecule has 4 aromatic rings. The maximum absolute atomic E-state index is 12.7. The Morgan fingerprint density at radius 3 is 2.89 bits per heavy atom. The molecule has 2 aromatic heterocycles. The maximum Gasteiger partial charge on any atom is 0.349 e. The van der Waals surface area contributed by atoms with Crippen LogP contribution < -0.4 is 10.4 Å². The van der Waals surface area contributed by atoms with Crippen molar-refractivity contribution in [3.05, 3.63) is 87.0 Å². The number of hydrogen-bond donors (Lipinski definition) is 0. The van der Waals surface area contributed by atoms with Crippen LogP contribution in [0.3, 0.4) is 0 Å². The summed E-state index contributed by atoms with van der Waals surface area (Å²) in [5, 5.41) is 1.22. The number of aromatic nitrogens is 1. The zero-order valence-electron chi connectivity index (χ0n) is 14.0. The van der Waals surface area contributed by atoms with E-state index in [4.69, 9.17) is 16.0 Å². The molecule has 0 unspecified atom stereocenters. The van der Waals surface area contributed by atoms with E-state index in [2.05, 4.69) is 11.6 Å². The fourth-order valence-electron chi connectivity index (χ4n) is 2.83. The van der Waals surface area contributed by atoms with Crippen LogP contribution in [0.2, 0.25) is 5.02 Å². The van der Waals surface area contributed by atoms with Gasteiger partial charge in [0.2, 0.25) is 0 Å². The third kappa shape index (κ3) is 3.13. The van der Waals surface area contributed by atoms with Crippen molar-refractivity contribution in [2.45, 2.75) is 6.54 Å². The predicted octanol–water partition coefficient (Wildman–Crippen LogP) is 4.39. The molecule has 0 fully saturated rings. The number of allylic oxidation sites excluding steroid dienone is 1. The molecule has 0 bridgehead atoms. The SMILES string of the molecule is C=CCn1c(=NC(=O)c2cc3ccccc3oc2=O)sc2cccc(Cl)c21. The highest BCUT2D eigenvalue weighted by molar-refractivity contribution is 7.16. The summed E-state index contributed by atoms with van der Waals surface area (Å²) >= 11 is 7.64. The van der Waals surface area contributed by atoms with Gasteiger partial charge in [0.05, 0.1) is 15.2 Å². The van der Waals surface area contributed by atoms with Crippen LogP contribution in [-0.4, -0.2) is 10.5 Å². The number of para-hydroxylation sites is 2. The largest absolute Gasteiger partial charge is 0.422 e. The minimum atomic E-state index is -0.711. The van der Waals surface area contributed by atoms with Crippen LogP contribution in [0.25, 0.3) is 21.2 Å². The second-order valence-electron chi connectivity index (χ2n) is 5.77. The minimum Gasteiger partial charge on any atom is -0.422 e. The van der Waals surface area contributed by atoms with Crippen molar-refractivity contribution in [1.82, 2.24) is 4.57 Å². The van der Waals surface area contributed by atoms with E-state index in [9.17, 15) is 9.59 Å². The average molecular weight is 397 g/mol. The second-order valence-corrected chi connectivity index (χ2v) is 7.19. The lowest BCUT2D eigenvalue weighted by Crippen LogP contribution is -2.19. The normalized spacial score (nSPS) is 12.0. The minimum absolute atomic E-state index is 0.109. The lowest BCUT2D eigenvalue weighted by Gasteiger charge is -2.02. The number of thiazole rings is 1. The molecule has 1 amide bonds. The highest BCUT2D eigenvalue weighted by Crippen LogP contribution is 2.25. The molecule has 5 nitrogen and oxygen atoms in total. The Kier molecular flexibility index (Phi) is 4.51. The predicted molar refractivity (Wildman–Crippen MR) is 107 cm³/mol. The zero-order chi connectivity index (χ0) is 19.0. The summed E-state index contributed by atoms with van der Waals surface area (Å²) < 4.78 is 7.92. The van der Waals surface area contributed by atoms with Gasteiger partial charge in [-0.2, -0.15) is 4.99 Å². The first-order valence-electron chi connectivity index (χ1n) is 8.09. The topological polar surface area (TPSA) is 64.6 Å². The van der Waals surface area contributed by atoms with E-state index >= 15 is 0 Å². The van der Waals surface area contributed by atoms with Gasteiger partial charge in [0.1, 0.15) is 11.1 Å². The van der Waals surface area contributed by atoms with E-state index in [1.165, 1.54) is 17.4 Å². The Hall–Kier alpha value is -2.96. The Labute approximate surface area is 162 Å². The van der Waals surface area contributed by atoms with Crippen molar-refractivity contribution in [3.63, 3.8) is 0 Å². The first-order valence-corrected chi connectivity index (χ1v) is 9.28. The molecule has 0 aliphatic carbocycles. The fourth-order valence-corrected chi connectivity index (χ4v) is 4.23. The second kappa shape index (κ2) is 6.98. The first kappa shape index (κ1) is 17.5. The van der Waals surface area contributed by atoms with E-state index in [1.54, 1.807) is 41.0 Å². The monoisotopic (exact) mass is 396 g/mol. The molecule has 0 saturated heterocycles. The Balaban J connectivity index is 1.91. The molecule has 0 radical (unpaired) electrons. The van der Waals surface area contributed by atoms with Crippen LogP contribution in [0.15, 0.2) is 75.4 Å². The van der Waals surface area contributed by atoms with E-state index in [0.717, 1.165) is 10.2 Å². The summed E-state index contributed by atoms with van der Waals surface area (Å²) in [6, 6.07) is 14.0. The smallest absolute Gasteiger partial charge is 0.349 e. The number of benzene rings is 2. The number of halogens is 1. The summed E-state index contributed by atoms with van der Waals surface area (Å²) in [7, 11) is 0. The molecule has 0 aliphatic heterocycles. The molecular weight excluding hydrogens is 384 g/mol. The number of carbonyl (C=O) groups is 1. The highest BCUT2D eigenvalue weighted by atomic mass is 35.5. The van der Waals surface area contributed by atoms with Gasteiger partial charge in [0.15, 0.2) is 4.80 Å². The molecule has 27 heavy (non-hydrogen) atoms. The Morgan fingerprint density at radius 1 is 1.26 bits per heavy atom. The third-order valence-electron chi connectivity index (χ3n) is 4.03. The van der Waals surface area contributed by atoms with Gasteiger partial charge in [-0.05, 0) is 24.3 Å². The summed E-state index contributed by atoms with van der Waals surface area (Å²) in [6.45, 7) is 4.18. The van der Waals surface area contributed by atoms with Gasteiger partial charge in [-0.25, -0.2) is 4.79 Å². The van der Waals surface area contributed by atoms with Crippen molar-refractivity contribution >= 4 is 50.0 Å². The standard InChI is InChI=1S/C20H13ClN2O3S/c1-2-10-23-17-14(21)7-5-9-16(17)27-20(23)22-18(24)13-11-12-6-3-4-8-15(12)26-19(13)25/h2-9,11H,1,10H2. The van der Waals surface area contributed by atoms with Gasteiger partial charge in [-0.3, -0.25) is 4.79 Å². The lowest BCUT2D eigenvalue weighted by atomic mass is 10.2. The lowest BCUT2D eigenvalue weighted by molar-refractivity contribution is 0.0994. The molecule has 2 heterocycles. The molecule has 0 spiro atoms. The van der Waals surface area contributed by atoms with E-state index in [1.807, 2.05) is 12.1 Å². The van der Waals surface area contributed by atoms with Gasteiger partial charge >= 0.3 is 5.63 Å². The molecule has 0 aliphatic rings. The van der Waals surface area contributed by atoms with Crippen LogP contribution in [0, 0.1) is 0 Å². The summed E-state index contributed by atoms with van der Waals surface area (Å²) in [5.41, 5.74) is 0.384. The molecule has 2 aromatic carbocycles. The number of rotatable bonds is 3. The Bertz CT molecular complexity index is 1330. The number of nitrogens with zero attached hydrogens (tertiary/aromatic N) is 2. The number of hydrogen-bond acceptors (Lipinski definition) is 4. The van der Waals surface area contributed by atoms with Crippen molar-refractivity contribution in [3.8, 4) is 0 Å². The van der Waals surface area contributed by atoms with Gasteiger partial charge in [-0.1, -0.05) is 53.3 Å². The van der Waals surface area contributed by atoms with E-state index in [-0.39, 0.29) is 5.56 Å². The first-order chi connectivity index (χ1) is 13.1. The van der Waals surface area contributed by atoms with Crippen molar-refractivity contribution in [2.24, 2.45) is 4.99 Å². The van der Waals surface area contributed by atoms with Crippen LogP contribution in [0.4, 0.5) is 0 Å². The zero-order valence-corrected chi connectivity index (χ0v) is 15.6. The average Bonchev–Trinajstić information content (AvgIpc) is 3.00. The van der Waals surface area contributed by atoms with Crippen LogP contribution in [0.5, 0.6) is 0 Å². The molecule has 7 heteroatoms. The van der Waals surface area contributed by atoms with Crippen LogP contribution in [0.1, 0.15) is 10.4 Å². The quantitative estimate of drug-likeness (QED) is 0.381. The van der Waals surface area contributed by atoms with Crippen molar-refractivity contribution in [2.75, 3.05) is 0 Å². The molecule has 0 N–H and O–H groups in total. The van der Waals surface area contributed by atoms with Gasteiger partial charge in [0.25, 0.3) is 5.91 Å². The number of fused-ring (bicyclic) bond motifs is 2. The molecule has 4 rings (SSSR count). The van der Waals surface area contributed by atoms with Crippen LogP contribution >= 0.6 is 22.9 Å². The summed E-state index contributed by atoms with van der Waals surface area (Å²) in [6.07, 6.45) is 1.70. The number of carbonyl (C=O) groups excluding carboxylic acids is 1. The third-order valence-corrected chi connectivity index (χ3v) is 5.38. The number of amides is 1. The fraction of sp³-hybridized carbons (Fsp3) is 0.0500. The summed E-state index contributed by atoms with van der Waals surface area (Å²) in [5.74, 6) is -0.657. The van der Waals surface area contributed by atoms with Gasteiger partial charge in [0, 0.05) is 11.9 Å². The highest BCUT2D eigenvalue weighted by Gasteiger charge is 2.15.